The van der Waals surface area contributed by atoms with Crippen LogP contribution in [0, 0.1) is 6.92 Å². The van der Waals surface area contributed by atoms with E-state index >= 15 is 0 Å². The minimum Gasteiger partial charge on any atom is -0.374 e. The molecule has 0 spiro atoms. The van der Waals surface area contributed by atoms with Crippen LogP contribution in [-0.2, 0) is 17.8 Å². The summed E-state index contributed by atoms with van der Waals surface area (Å²) >= 11 is 0. The molecule has 0 saturated carbocycles. The van der Waals surface area contributed by atoms with Crippen LogP contribution in [0.1, 0.15) is 31.1 Å². The largest absolute Gasteiger partial charge is 0.374 e. The van der Waals surface area contributed by atoms with Crippen LogP contribution >= 0.6 is 0 Å². The van der Waals surface area contributed by atoms with Gasteiger partial charge in [0.05, 0.1) is 0 Å². The van der Waals surface area contributed by atoms with E-state index in [9.17, 15) is 0 Å². The zero-order chi connectivity index (χ0) is 11.3. The highest BCUT2D eigenvalue weighted by atomic mass is 16.5. The van der Waals surface area contributed by atoms with Crippen LogP contribution in [0.4, 0.5) is 0 Å². The molecule has 0 aliphatic rings. The van der Waals surface area contributed by atoms with Crippen molar-refractivity contribution < 1.29 is 4.74 Å². The van der Waals surface area contributed by atoms with E-state index in [1.165, 1.54) is 0 Å². The molecule has 4 nitrogen and oxygen atoms in total. The fourth-order valence-electron chi connectivity index (χ4n) is 1.39. The van der Waals surface area contributed by atoms with Gasteiger partial charge in [-0.15, -0.1) is 0 Å². The van der Waals surface area contributed by atoms with E-state index in [2.05, 4.69) is 9.97 Å². The van der Waals surface area contributed by atoms with Crippen molar-refractivity contribution in [3.05, 3.63) is 23.3 Å². The topological polar surface area (TPSA) is 61.0 Å². The van der Waals surface area contributed by atoms with Crippen molar-refractivity contribution in [2.75, 3.05) is 6.61 Å². The average molecular weight is 209 g/mol. The van der Waals surface area contributed by atoms with Crippen molar-refractivity contribution in [1.82, 2.24) is 9.97 Å². The predicted octanol–water partition coefficient (Wildman–Crippen LogP) is 1.21. The number of aryl methyl sites for hydroxylation is 1. The third-order valence-electron chi connectivity index (χ3n) is 1.92. The Bertz CT molecular complexity index is 313. The zero-order valence-corrected chi connectivity index (χ0v) is 9.66. The molecule has 0 aliphatic carbocycles. The standard InChI is InChI=1S/C11H19N3O/c1-4-15-7-11-13-9(3)6-10(14-11)5-8(2)12/h6,8H,4-5,7,12H2,1-3H3. The molecule has 1 rings (SSSR count). The lowest BCUT2D eigenvalue weighted by Crippen LogP contribution is -2.19. The molecule has 1 aromatic heterocycles. The molecule has 0 bridgehead atoms. The lowest BCUT2D eigenvalue weighted by Gasteiger charge is -2.07. The van der Waals surface area contributed by atoms with E-state index in [0.717, 1.165) is 23.6 Å². The number of hydrogen-bond acceptors (Lipinski definition) is 4. The first-order valence-electron chi connectivity index (χ1n) is 5.28. The maximum Gasteiger partial charge on any atom is 0.154 e. The Hall–Kier alpha value is -1.00. The van der Waals surface area contributed by atoms with E-state index in [0.29, 0.717) is 13.2 Å². The van der Waals surface area contributed by atoms with Crippen molar-refractivity contribution in [2.24, 2.45) is 5.73 Å². The molecule has 0 amide bonds. The van der Waals surface area contributed by atoms with Gasteiger partial charge in [-0.3, -0.25) is 0 Å². The summed E-state index contributed by atoms with van der Waals surface area (Å²) in [6, 6.07) is 2.10. The first kappa shape index (κ1) is 12.1. The highest BCUT2D eigenvalue weighted by Gasteiger charge is 2.04. The van der Waals surface area contributed by atoms with Gasteiger partial charge in [0.15, 0.2) is 5.82 Å². The number of nitrogens with two attached hydrogens (primary N) is 1. The van der Waals surface area contributed by atoms with Gasteiger partial charge in [0.25, 0.3) is 0 Å². The number of rotatable bonds is 5. The molecule has 1 heterocycles. The summed E-state index contributed by atoms with van der Waals surface area (Å²) in [5, 5.41) is 0. The summed E-state index contributed by atoms with van der Waals surface area (Å²) in [6.07, 6.45) is 0.780. The number of aromatic nitrogens is 2. The SMILES string of the molecule is CCOCc1nc(C)cc(CC(C)N)n1. The summed E-state index contributed by atoms with van der Waals surface area (Å²) in [5.41, 5.74) is 7.69. The average Bonchev–Trinajstić information content (AvgIpc) is 2.12. The van der Waals surface area contributed by atoms with Gasteiger partial charge in [-0.05, 0) is 26.8 Å². The van der Waals surface area contributed by atoms with E-state index in [4.69, 9.17) is 10.5 Å². The minimum absolute atomic E-state index is 0.124. The molecule has 15 heavy (non-hydrogen) atoms. The first-order chi connectivity index (χ1) is 7.11. The molecule has 0 fully saturated rings. The Balaban J connectivity index is 2.75. The fraction of sp³-hybridized carbons (Fsp3) is 0.636. The smallest absolute Gasteiger partial charge is 0.154 e. The zero-order valence-electron chi connectivity index (χ0n) is 9.66. The van der Waals surface area contributed by atoms with Crippen LogP contribution in [-0.4, -0.2) is 22.6 Å². The first-order valence-corrected chi connectivity index (χ1v) is 5.28. The Kier molecular flexibility index (Phi) is 4.65. The summed E-state index contributed by atoms with van der Waals surface area (Å²) in [4.78, 5) is 8.70. The number of nitrogens with zero attached hydrogens (tertiary/aromatic N) is 2. The fourth-order valence-corrected chi connectivity index (χ4v) is 1.39. The van der Waals surface area contributed by atoms with Gasteiger partial charge < -0.3 is 10.5 Å². The Morgan fingerprint density at radius 1 is 1.47 bits per heavy atom. The van der Waals surface area contributed by atoms with Crippen LogP contribution in [0.3, 0.4) is 0 Å². The van der Waals surface area contributed by atoms with Crippen LogP contribution in [0.2, 0.25) is 0 Å². The molecule has 1 atom stereocenters. The molecule has 0 saturated heterocycles. The third-order valence-corrected chi connectivity index (χ3v) is 1.92. The predicted molar refractivity (Wildman–Crippen MR) is 59.5 cm³/mol. The molecule has 1 unspecified atom stereocenters. The normalized spacial score (nSPS) is 12.8. The summed E-state index contributed by atoms with van der Waals surface area (Å²) in [7, 11) is 0. The van der Waals surface area contributed by atoms with Gasteiger partial charge in [0.1, 0.15) is 6.61 Å². The molecule has 0 aromatic carbocycles. The Morgan fingerprint density at radius 2 is 2.20 bits per heavy atom. The highest BCUT2D eigenvalue weighted by Crippen LogP contribution is 2.04. The number of ether oxygens (including phenoxy) is 1. The highest BCUT2D eigenvalue weighted by molar-refractivity contribution is 5.10. The molecule has 4 heteroatoms. The van der Waals surface area contributed by atoms with Crippen LogP contribution < -0.4 is 5.73 Å². The van der Waals surface area contributed by atoms with Gasteiger partial charge in [-0.25, -0.2) is 9.97 Å². The second-order valence-corrected chi connectivity index (χ2v) is 3.74. The van der Waals surface area contributed by atoms with Crippen molar-refractivity contribution in [1.29, 1.82) is 0 Å². The van der Waals surface area contributed by atoms with Gasteiger partial charge >= 0.3 is 0 Å². The minimum atomic E-state index is 0.124. The van der Waals surface area contributed by atoms with Crippen molar-refractivity contribution in [2.45, 2.75) is 39.8 Å². The molecule has 0 radical (unpaired) electrons. The second-order valence-electron chi connectivity index (χ2n) is 3.74. The van der Waals surface area contributed by atoms with Crippen LogP contribution in [0.5, 0.6) is 0 Å². The van der Waals surface area contributed by atoms with Crippen LogP contribution in [0.15, 0.2) is 6.07 Å². The summed E-state index contributed by atoms with van der Waals surface area (Å²) in [6.45, 7) is 7.05. The molecular weight excluding hydrogens is 190 g/mol. The third kappa shape index (κ3) is 4.36. The lowest BCUT2D eigenvalue weighted by molar-refractivity contribution is 0.128. The van der Waals surface area contributed by atoms with Gasteiger partial charge in [-0.1, -0.05) is 0 Å². The number of hydrogen-bond donors (Lipinski definition) is 1. The summed E-state index contributed by atoms with van der Waals surface area (Å²) in [5.74, 6) is 0.743. The molecule has 0 aliphatic heterocycles. The summed E-state index contributed by atoms with van der Waals surface area (Å²) < 4.78 is 5.28. The maximum absolute atomic E-state index is 5.73. The molecule has 84 valence electrons. The van der Waals surface area contributed by atoms with Gasteiger partial charge in [0, 0.05) is 30.5 Å². The van der Waals surface area contributed by atoms with Gasteiger partial charge in [0.2, 0.25) is 0 Å². The maximum atomic E-state index is 5.73. The molecule has 2 N–H and O–H groups in total. The molecular formula is C11H19N3O. The van der Waals surface area contributed by atoms with Crippen molar-refractivity contribution in [3.8, 4) is 0 Å². The van der Waals surface area contributed by atoms with E-state index < -0.39 is 0 Å². The van der Waals surface area contributed by atoms with Crippen molar-refractivity contribution in [3.63, 3.8) is 0 Å². The second kappa shape index (κ2) is 5.78. The lowest BCUT2D eigenvalue weighted by atomic mass is 10.2. The molecule has 1 aromatic rings. The quantitative estimate of drug-likeness (QED) is 0.792. The Labute approximate surface area is 90.9 Å². The van der Waals surface area contributed by atoms with Crippen LogP contribution in [0.25, 0.3) is 0 Å². The van der Waals surface area contributed by atoms with Gasteiger partial charge in [-0.2, -0.15) is 0 Å². The van der Waals surface area contributed by atoms with E-state index in [1.807, 2.05) is 26.8 Å². The Morgan fingerprint density at radius 3 is 2.80 bits per heavy atom. The van der Waals surface area contributed by atoms with E-state index in [-0.39, 0.29) is 6.04 Å². The monoisotopic (exact) mass is 209 g/mol. The van der Waals surface area contributed by atoms with E-state index in [1.54, 1.807) is 0 Å². The van der Waals surface area contributed by atoms with Crippen molar-refractivity contribution >= 4 is 0 Å².